The number of nitrogens with zero attached hydrogens (tertiary/aromatic N) is 2. The van der Waals surface area contributed by atoms with E-state index < -0.39 is 16.8 Å². The van der Waals surface area contributed by atoms with Crippen LogP contribution in [-0.4, -0.2) is 15.9 Å². The minimum Gasteiger partial charge on any atom is -0.305 e. The average Bonchev–Trinajstić information content (AvgIpc) is 2.98. The van der Waals surface area contributed by atoms with E-state index in [1.54, 1.807) is 12.1 Å². The molecule has 3 aromatic rings. The van der Waals surface area contributed by atoms with E-state index >= 15 is 0 Å². The van der Waals surface area contributed by atoms with Crippen molar-refractivity contribution < 1.29 is 14.1 Å². The van der Waals surface area contributed by atoms with Crippen molar-refractivity contribution in [3.63, 3.8) is 0 Å². The van der Waals surface area contributed by atoms with Crippen LogP contribution in [-0.2, 0) is 5.88 Å². The van der Waals surface area contributed by atoms with Crippen LogP contribution in [0, 0.1) is 15.9 Å². The van der Waals surface area contributed by atoms with Gasteiger partial charge in [0.15, 0.2) is 5.13 Å². The van der Waals surface area contributed by atoms with E-state index in [1.165, 1.54) is 24.3 Å². The first-order chi connectivity index (χ1) is 12.0. The second kappa shape index (κ2) is 6.99. The highest BCUT2D eigenvalue weighted by Gasteiger charge is 2.17. The Morgan fingerprint density at radius 1 is 1.32 bits per heavy atom. The Bertz CT molecular complexity index is 979. The zero-order chi connectivity index (χ0) is 18.0. The maximum atomic E-state index is 13.9. The van der Waals surface area contributed by atoms with Gasteiger partial charge < -0.3 is 5.32 Å². The lowest BCUT2D eigenvalue weighted by Gasteiger charge is -2.07. The minimum absolute atomic E-state index is 0.0153. The topological polar surface area (TPSA) is 97.2 Å². The molecule has 128 valence electrons. The van der Waals surface area contributed by atoms with Crippen LogP contribution in [0.5, 0.6) is 0 Å². The number of aromatic nitrogens is 1. The van der Waals surface area contributed by atoms with Gasteiger partial charge in [0.25, 0.3) is 5.69 Å². The molecule has 25 heavy (non-hydrogen) atoms. The van der Waals surface area contributed by atoms with E-state index in [0.29, 0.717) is 15.8 Å². The van der Waals surface area contributed by atoms with Gasteiger partial charge >= 0.3 is 6.03 Å². The second-order valence-corrected chi connectivity index (χ2v) is 6.19. The highest BCUT2D eigenvalue weighted by atomic mass is 35.5. The third-order valence-corrected chi connectivity index (χ3v) is 4.57. The lowest BCUT2D eigenvalue weighted by molar-refractivity contribution is -0.382. The molecule has 0 aliphatic carbocycles. The first kappa shape index (κ1) is 17.1. The maximum absolute atomic E-state index is 13.9. The molecule has 0 bridgehead atoms. The number of carbonyl (C=O) groups excluding carboxylic acids is 1. The smallest absolute Gasteiger partial charge is 0.305 e. The van der Waals surface area contributed by atoms with Crippen LogP contribution < -0.4 is 10.6 Å². The van der Waals surface area contributed by atoms with Gasteiger partial charge in [0, 0.05) is 11.9 Å². The summed E-state index contributed by atoms with van der Waals surface area (Å²) in [5.41, 5.74) is 0.875. The summed E-state index contributed by atoms with van der Waals surface area (Å²) in [7, 11) is 0. The Labute approximate surface area is 149 Å². The summed E-state index contributed by atoms with van der Waals surface area (Å²) in [6, 6.07) is 7.98. The Morgan fingerprint density at radius 3 is 2.80 bits per heavy atom. The summed E-state index contributed by atoms with van der Waals surface area (Å²) < 4.78 is 14.2. The van der Waals surface area contributed by atoms with E-state index in [-0.39, 0.29) is 22.4 Å². The summed E-state index contributed by atoms with van der Waals surface area (Å²) in [5, 5.41) is 16.0. The van der Waals surface area contributed by atoms with Gasteiger partial charge in [-0.1, -0.05) is 23.5 Å². The number of rotatable bonds is 4. The lowest BCUT2D eigenvalue weighted by Crippen LogP contribution is -2.20. The van der Waals surface area contributed by atoms with Crippen molar-refractivity contribution in [3.8, 4) is 0 Å². The van der Waals surface area contributed by atoms with Gasteiger partial charge in [-0.15, -0.1) is 11.6 Å². The van der Waals surface area contributed by atoms with Crippen LogP contribution in [0.15, 0.2) is 36.4 Å². The zero-order valence-corrected chi connectivity index (χ0v) is 14.0. The van der Waals surface area contributed by atoms with Crippen LogP contribution in [0.1, 0.15) is 5.56 Å². The Balaban J connectivity index is 1.78. The predicted molar refractivity (Wildman–Crippen MR) is 94.9 cm³/mol. The molecule has 0 aliphatic rings. The fourth-order valence-electron chi connectivity index (χ4n) is 2.13. The summed E-state index contributed by atoms with van der Waals surface area (Å²) in [4.78, 5) is 26.6. The standard InChI is InChI=1S/C15H10ClFN4O3S/c16-7-8-4-5-10(9(17)6-8)18-14(22)20-15-19-11-2-1-3-12(21(23)24)13(11)25-15/h1-6H,7H2,(H2,18,19,20,22). The van der Waals surface area contributed by atoms with Gasteiger partial charge in [-0.3, -0.25) is 15.4 Å². The van der Waals surface area contributed by atoms with Gasteiger partial charge in [0.1, 0.15) is 10.5 Å². The highest BCUT2D eigenvalue weighted by Crippen LogP contribution is 2.33. The largest absolute Gasteiger partial charge is 0.325 e. The Hall–Kier alpha value is -2.78. The quantitative estimate of drug-likeness (QED) is 0.388. The molecule has 2 amide bonds. The van der Waals surface area contributed by atoms with Gasteiger partial charge in [0.2, 0.25) is 0 Å². The third-order valence-electron chi connectivity index (χ3n) is 3.25. The summed E-state index contributed by atoms with van der Waals surface area (Å²) in [6.07, 6.45) is 0. The SMILES string of the molecule is O=C(Nc1nc2cccc([N+](=O)[O-])c2s1)Nc1ccc(CCl)cc1F. The van der Waals surface area contributed by atoms with Gasteiger partial charge in [0.05, 0.1) is 16.1 Å². The van der Waals surface area contributed by atoms with Crippen LogP contribution in [0.2, 0.25) is 0 Å². The molecule has 7 nitrogen and oxygen atoms in total. The fourth-order valence-corrected chi connectivity index (χ4v) is 3.24. The number of fused-ring (bicyclic) bond motifs is 1. The van der Waals surface area contributed by atoms with Crippen LogP contribution >= 0.6 is 22.9 Å². The molecule has 2 N–H and O–H groups in total. The van der Waals surface area contributed by atoms with Crippen molar-refractivity contribution in [2.75, 3.05) is 10.6 Å². The first-order valence-electron chi connectivity index (χ1n) is 6.94. The number of nitrogens with one attached hydrogen (secondary N) is 2. The highest BCUT2D eigenvalue weighted by molar-refractivity contribution is 7.22. The second-order valence-electron chi connectivity index (χ2n) is 4.93. The number of alkyl halides is 1. The number of nitro groups is 1. The third kappa shape index (κ3) is 3.67. The van der Waals surface area contributed by atoms with Gasteiger partial charge in [-0.05, 0) is 23.8 Å². The molecule has 0 radical (unpaired) electrons. The van der Waals surface area contributed by atoms with E-state index in [0.717, 1.165) is 11.3 Å². The molecule has 10 heteroatoms. The number of hydrogen-bond acceptors (Lipinski definition) is 5. The van der Waals surface area contributed by atoms with Crippen LogP contribution in [0.4, 0.5) is 25.7 Å². The number of nitro benzene ring substituents is 1. The monoisotopic (exact) mass is 380 g/mol. The molecular formula is C15H10ClFN4O3S. The number of hydrogen-bond donors (Lipinski definition) is 2. The molecule has 0 spiro atoms. The molecule has 0 saturated carbocycles. The van der Waals surface area contributed by atoms with Crippen LogP contribution in [0.3, 0.4) is 0 Å². The summed E-state index contributed by atoms with van der Waals surface area (Å²) >= 11 is 6.58. The lowest BCUT2D eigenvalue weighted by atomic mass is 10.2. The number of benzene rings is 2. The molecule has 0 fully saturated rings. The predicted octanol–water partition coefficient (Wildman–Crippen LogP) is 4.73. The normalized spacial score (nSPS) is 10.6. The zero-order valence-electron chi connectivity index (χ0n) is 12.5. The molecule has 0 saturated heterocycles. The maximum Gasteiger partial charge on any atom is 0.325 e. The summed E-state index contributed by atoms with van der Waals surface area (Å²) in [6.45, 7) is 0. The molecule has 1 aromatic heterocycles. The van der Waals surface area contributed by atoms with E-state index in [9.17, 15) is 19.3 Å². The van der Waals surface area contributed by atoms with Crippen molar-refractivity contribution in [1.82, 2.24) is 4.98 Å². The summed E-state index contributed by atoms with van der Waals surface area (Å²) in [5.74, 6) is -0.457. The Morgan fingerprint density at radius 2 is 2.12 bits per heavy atom. The fraction of sp³-hybridized carbons (Fsp3) is 0.0667. The number of halogens is 2. The number of thiazole rings is 1. The van der Waals surface area contributed by atoms with Gasteiger partial charge in [-0.25, -0.2) is 14.2 Å². The number of anilines is 2. The molecule has 3 rings (SSSR count). The van der Waals surface area contributed by atoms with Crippen molar-refractivity contribution in [1.29, 1.82) is 0 Å². The molecule has 2 aromatic carbocycles. The Kier molecular flexibility index (Phi) is 4.77. The molecule has 1 heterocycles. The molecular weight excluding hydrogens is 371 g/mol. The number of urea groups is 1. The van der Waals surface area contributed by atoms with Crippen molar-refractivity contribution >= 4 is 55.7 Å². The number of non-ortho nitro benzene ring substituents is 1. The van der Waals surface area contributed by atoms with Crippen molar-refractivity contribution in [2.45, 2.75) is 5.88 Å². The van der Waals surface area contributed by atoms with E-state index in [4.69, 9.17) is 11.6 Å². The first-order valence-corrected chi connectivity index (χ1v) is 8.29. The van der Waals surface area contributed by atoms with E-state index in [1.807, 2.05) is 0 Å². The van der Waals surface area contributed by atoms with Crippen molar-refractivity contribution in [3.05, 3.63) is 57.9 Å². The van der Waals surface area contributed by atoms with Crippen LogP contribution in [0.25, 0.3) is 10.2 Å². The minimum atomic E-state index is -0.709. The average molecular weight is 381 g/mol. The van der Waals surface area contributed by atoms with Crippen molar-refractivity contribution in [2.24, 2.45) is 0 Å². The number of amides is 2. The number of carbonyl (C=O) groups is 1. The molecule has 0 aliphatic heterocycles. The van der Waals surface area contributed by atoms with Gasteiger partial charge in [-0.2, -0.15) is 0 Å². The van der Waals surface area contributed by atoms with E-state index in [2.05, 4.69) is 15.6 Å². The molecule has 0 atom stereocenters. The molecule has 0 unspecified atom stereocenters.